The van der Waals surface area contributed by atoms with Gasteiger partial charge in [0.05, 0.1) is 0 Å². The fraction of sp³-hybridized carbons (Fsp3) is 0.471. The molecule has 3 nitrogen and oxygen atoms in total. The van der Waals surface area contributed by atoms with Crippen molar-refractivity contribution in [1.29, 1.82) is 0 Å². The van der Waals surface area contributed by atoms with Gasteiger partial charge in [0.25, 0.3) is 0 Å². The zero-order valence-corrected chi connectivity index (χ0v) is 12.1. The maximum absolute atomic E-state index is 13.2. The van der Waals surface area contributed by atoms with Gasteiger partial charge in [-0.1, -0.05) is 18.2 Å². The predicted octanol–water partition coefficient (Wildman–Crippen LogP) is 2.48. The van der Waals surface area contributed by atoms with Gasteiger partial charge in [-0.15, -0.1) is 0 Å². The molecule has 0 spiro atoms. The van der Waals surface area contributed by atoms with Crippen LogP contribution in [0.25, 0.3) is 0 Å². The van der Waals surface area contributed by atoms with Gasteiger partial charge >= 0.3 is 0 Å². The molecule has 3 rings (SSSR count). The van der Waals surface area contributed by atoms with Gasteiger partial charge in [0.2, 0.25) is 5.91 Å². The molecule has 0 bridgehead atoms. The first kappa shape index (κ1) is 14.3. The van der Waals surface area contributed by atoms with Gasteiger partial charge in [0, 0.05) is 31.8 Å². The van der Waals surface area contributed by atoms with Crippen molar-refractivity contribution in [3.63, 3.8) is 0 Å². The SMILES string of the molecule is O=C(NCC1CC1)C1=CCN(Cc2cccc(F)c2)CC1. The van der Waals surface area contributed by atoms with Crippen LogP contribution in [0.2, 0.25) is 0 Å². The Morgan fingerprint density at radius 3 is 2.90 bits per heavy atom. The summed E-state index contributed by atoms with van der Waals surface area (Å²) >= 11 is 0. The Kier molecular flexibility index (Phi) is 4.34. The molecule has 0 saturated heterocycles. The van der Waals surface area contributed by atoms with E-state index in [9.17, 15) is 9.18 Å². The molecule has 0 atom stereocenters. The van der Waals surface area contributed by atoms with E-state index < -0.39 is 0 Å². The lowest BCUT2D eigenvalue weighted by molar-refractivity contribution is -0.117. The lowest BCUT2D eigenvalue weighted by atomic mass is 10.1. The molecule has 1 fully saturated rings. The molecule has 0 unspecified atom stereocenters. The van der Waals surface area contributed by atoms with Gasteiger partial charge in [0.1, 0.15) is 5.82 Å². The number of carbonyl (C=O) groups is 1. The van der Waals surface area contributed by atoms with Gasteiger partial charge < -0.3 is 5.32 Å². The summed E-state index contributed by atoms with van der Waals surface area (Å²) < 4.78 is 13.2. The number of benzene rings is 1. The van der Waals surface area contributed by atoms with E-state index in [-0.39, 0.29) is 11.7 Å². The van der Waals surface area contributed by atoms with Crippen LogP contribution in [-0.2, 0) is 11.3 Å². The monoisotopic (exact) mass is 288 g/mol. The van der Waals surface area contributed by atoms with Gasteiger partial charge in [-0.05, 0) is 42.9 Å². The quantitative estimate of drug-likeness (QED) is 0.903. The molecule has 0 aromatic heterocycles. The maximum atomic E-state index is 13.2. The summed E-state index contributed by atoms with van der Waals surface area (Å²) in [5, 5.41) is 3.01. The predicted molar refractivity (Wildman–Crippen MR) is 80.1 cm³/mol. The minimum Gasteiger partial charge on any atom is -0.352 e. The Labute approximate surface area is 124 Å². The van der Waals surface area contributed by atoms with Crippen molar-refractivity contribution >= 4 is 5.91 Å². The first-order chi connectivity index (χ1) is 10.2. The first-order valence-corrected chi connectivity index (χ1v) is 7.65. The highest BCUT2D eigenvalue weighted by atomic mass is 19.1. The Morgan fingerprint density at radius 1 is 1.38 bits per heavy atom. The third-order valence-electron chi connectivity index (χ3n) is 4.13. The largest absolute Gasteiger partial charge is 0.352 e. The van der Waals surface area contributed by atoms with Gasteiger partial charge in [-0.25, -0.2) is 4.39 Å². The van der Waals surface area contributed by atoms with Crippen molar-refractivity contribution in [2.45, 2.75) is 25.8 Å². The Hall–Kier alpha value is -1.68. The van der Waals surface area contributed by atoms with E-state index in [1.54, 1.807) is 12.1 Å². The van der Waals surface area contributed by atoms with E-state index in [0.29, 0.717) is 5.92 Å². The highest BCUT2D eigenvalue weighted by Crippen LogP contribution is 2.27. The van der Waals surface area contributed by atoms with Crippen LogP contribution in [0.3, 0.4) is 0 Å². The molecule has 2 aliphatic rings. The lowest BCUT2D eigenvalue weighted by Gasteiger charge is -2.26. The molecule has 1 aromatic rings. The van der Waals surface area contributed by atoms with Crippen LogP contribution in [0, 0.1) is 11.7 Å². The summed E-state index contributed by atoms with van der Waals surface area (Å²) in [7, 11) is 0. The highest BCUT2D eigenvalue weighted by molar-refractivity contribution is 5.93. The standard InChI is InChI=1S/C17H21FN2O/c18-16-3-1-2-14(10-16)12-20-8-6-15(7-9-20)17(21)19-11-13-4-5-13/h1-3,6,10,13H,4-5,7-9,11-12H2,(H,19,21). The topological polar surface area (TPSA) is 32.3 Å². The summed E-state index contributed by atoms with van der Waals surface area (Å²) in [6.45, 7) is 3.15. The molecular formula is C17H21FN2O. The average molecular weight is 288 g/mol. The van der Waals surface area contributed by atoms with Crippen molar-refractivity contribution < 1.29 is 9.18 Å². The minimum atomic E-state index is -0.194. The van der Waals surface area contributed by atoms with Crippen LogP contribution in [0.4, 0.5) is 4.39 Å². The Balaban J connectivity index is 1.49. The summed E-state index contributed by atoms with van der Waals surface area (Å²) in [5.74, 6) is 0.607. The van der Waals surface area contributed by atoms with Crippen LogP contribution in [0.5, 0.6) is 0 Å². The van der Waals surface area contributed by atoms with E-state index in [1.165, 1.54) is 18.9 Å². The summed E-state index contributed by atoms with van der Waals surface area (Å²) in [6, 6.07) is 6.70. The number of rotatable bonds is 5. The van der Waals surface area contributed by atoms with Gasteiger partial charge in [-0.3, -0.25) is 9.69 Å². The fourth-order valence-corrected chi connectivity index (χ4v) is 2.63. The van der Waals surface area contributed by atoms with Crippen LogP contribution in [0.15, 0.2) is 35.9 Å². The molecule has 1 N–H and O–H groups in total. The number of nitrogens with one attached hydrogen (secondary N) is 1. The van der Waals surface area contributed by atoms with E-state index in [0.717, 1.165) is 43.7 Å². The van der Waals surface area contributed by atoms with Crippen molar-refractivity contribution in [2.24, 2.45) is 5.92 Å². The second-order valence-electron chi connectivity index (χ2n) is 6.00. The van der Waals surface area contributed by atoms with E-state index >= 15 is 0 Å². The molecule has 1 aliphatic heterocycles. The minimum absolute atomic E-state index is 0.0901. The fourth-order valence-electron chi connectivity index (χ4n) is 2.63. The van der Waals surface area contributed by atoms with E-state index in [4.69, 9.17) is 0 Å². The van der Waals surface area contributed by atoms with Crippen molar-refractivity contribution in [3.05, 3.63) is 47.3 Å². The Morgan fingerprint density at radius 2 is 2.24 bits per heavy atom. The molecule has 4 heteroatoms. The zero-order chi connectivity index (χ0) is 14.7. The first-order valence-electron chi connectivity index (χ1n) is 7.65. The van der Waals surface area contributed by atoms with Crippen molar-refractivity contribution in [1.82, 2.24) is 10.2 Å². The highest BCUT2D eigenvalue weighted by Gasteiger charge is 2.23. The molecular weight excluding hydrogens is 267 g/mol. The number of carbonyl (C=O) groups excluding carboxylic acids is 1. The zero-order valence-electron chi connectivity index (χ0n) is 12.1. The van der Waals surface area contributed by atoms with Crippen LogP contribution in [-0.4, -0.2) is 30.4 Å². The molecule has 1 aliphatic carbocycles. The Bertz CT molecular complexity index is 551. The summed E-state index contributed by atoms with van der Waals surface area (Å²) in [5.41, 5.74) is 1.87. The second kappa shape index (κ2) is 6.39. The number of halogens is 1. The normalized spacial score (nSPS) is 19.2. The van der Waals surface area contributed by atoms with E-state index in [2.05, 4.69) is 10.2 Å². The maximum Gasteiger partial charge on any atom is 0.246 e. The molecule has 1 heterocycles. The number of hydrogen-bond donors (Lipinski definition) is 1. The number of hydrogen-bond acceptors (Lipinski definition) is 2. The number of nitrogens with zero attached hydrogens (tertiary/aromatic N) is 1. The third kappa shape index (κ3) is 4.14. The average Bonchev–Trinajstić information content (AvgIpc) is 3.30. The smallest absolute Gasteiger partial charge is 0.246 e. The lowest BCUT2D eigenvalue weighted by Crippen LogP contribution is -2.34. The molecule has 1 aromatic carbocycles. The van der Waals surface area contributed by atoms with Gasteiger partial charge in [0.15, 0.2) is 0 Å². The van der Waals surface area contributed by atoms with Crippen molar-refractivity contribution in [2.75, 3.05) is 19.6 Å². The molecule has 0 radical (unpaired) electrons. The van der Waals surface area contributed by atoms with Crippen molar-refractivity contribution in [3.8, 4) is 0 Å². The van der Waals surface area contributed by atoms with Crippen LogP contribution >= 0.6 is 0 Å². The number of amides is 1. The molecule has 1 saturated carbocycles. The van der Waals surface area contributed by atoms with Crippen LogP contribution in [0.1, 0.15) is 24.8 Å². The molecule has 112 valence electrons. The molecule has 21 heavy (non-hydrogen) atoms. The van der Waals surface area contributed by atoms with Crippen LogP contribution < -0.4 is 5.32 Å². The summed E-state index contributed by atoms with van der Waals surface area (Å²) in [6.07, 6.45) is 5.28. The third-order valence-corrected chi connectivity index (χ3v) is 4.13. The van der Waals surface area contributed by atoms with Gasteiger partial charge in [-0.2, -0.15) is 0 Å². The summed E-state index contributed by atoms with van der Waals surface area (Å²) in [4.78, 5) is 14.2. The second-order valence-corrected chi connectivity index (χ2v) is 6.00. The van der Waals surface area contributed by atoms with E-state index in [1.807, 2.05) is 12.1 Å². The molecule has 1 amide bonds.